The molecule has 158 valence electrons. The monoisotopic (exact) mass is 415 g/mol. The molecule has 0 spiro atoms. The predicted molar refractivity (Wildman–Crippen MR) is 117 cm³/mol. The summed E-state index contributed by atoms with van der Waals surface area (Å²) in [6, 6.07) is 10.4. The Morgan fingerprint density at radius 3 is 2.45 bits per heavy atom. The number of hydrogen-bond acceptors (Lipinski definition) is 7. The van der Waals surface area contributed by atoms with Crippen LogP contribution in [0.25, 0.3) is 0 Å². The third-order valence-corrected chi connectivity index (χ3v) is 5.72. The number of carbonyl (C=O) groups is 1. The third kappa shape index (κ3) is 4.69. The van der Waals surface area contributed by atoms with Gasteiger partial charge in [-0.3, -0.25) is 9.69 Å². The van der Waals surface area contributed by atoms with Crippen molar-refractivity contribution in [3.63, 3.8) is 0 Å². The molecule has 1 aliphatic heterocycles. The Kier molecular flexibility index (Phi) is 5.54. The zero-order valence-corrected chi connectivity index (χ0v) is 17.3. The van der Waals surface area contributed by atoms with Gasteiger partial charge in [-0.2, -0.15) is 0 Å². The number of aromatic nitrogens is 4. The normalized spacial score (nSPS) is 16.8. The van der Waals surface area contributed by atoms with Crippen LogP contribution in [0.5, 0.6) is 0 Å². The van der Waals surface area contributed by atoms with Crippen molar-refractivity contribution in [1.29, 1.82) is 0 Å². The number of rotatable bonds is 6. The second-order valence-corrected chi connectivity index (χ2v) is 8.07. The Hall–Kier alpha value is -3.39. The average molecular weight is 416 g/mol. The highest BCUT2D eigenvalue weighted by Crippen LogP contribution is 2.39. The molecule has 0 atom stereocenters. The molecule has 2 fully saturated rings. The molecule has 1 saturated heterocycles. The van der Waals surface area contributed by atoms with Gasteiger partial charge in [0.1, 0.15) is 6.33 Å². The number of nitrogens with zero attached hydrogens (tertiary/aromatic N) is 6. The van der Waals surface area contributed by atoms with E-state index >= 15 is 0 Å². The molecule has 1 amide bonds. The first kappa shape index (κ1) is 19.6. The van der Waals surface area contributed by atoms with E-state index in [1.54, 1.807) is 18.6 Å². The van der Waals surface area contributed by atoms with Crippen molar-refractivity contribution < 1.29 is 4.79 Å². The largest absolute Gasteiger partial charge is 0.336 e. The molecule has 5 rings (SSSR count). The van der Waals surface area contributed by atoms with Gasteiger partial charge >= 0.3 is 0 Å². The summed E-state index contributed by atoms with van der Waals surface area (Å²) >= 11 is 0. The van der Waals surface area contributed by atoms with Crippen LogP contribution in [0.2, 0.25) is 0 Å². The van der Waals surface area contributed by atoms with Crippen LogP contribution in [-0.4, -0.2) is 61.8 Å². The predicted octanol–water partition coefficient (Wildman–Crippen LogP) is 2.85. The van der Waals surface area contributed by atoms with E-state index in [1.807, 2.05) is 11.0 Å². The van der Waals surface area contributed by atoms with E-state index in [4.69, 9.17) is 4.98 Å². The fraction of sp³-hybridized carbons (Fsp3) is 0.348. The Morgan fingerprint density at radius 2 is 1.74 bits per heavy atom. The lowest BCUT2D eigenvalue weighted by Gasteiger charge is -2.34. The number of benzene rings is 1. The number of amides is 1. The highest BCUT2D eigenvalue weighted by Gasteiger charge is 2.30. The molecular weight excluding hydrogens is 390 g/mol. The maximum Gasteiger partial charge on any atom is 0.276 e. The van der Waals surface area contributed by atoms with Crippen LogP contribution in [0.4, 0.5) is 11.5 Å². The summed E-state index contributed by atoms with van der Waals surface area (Å²) in [7, 11) is 0. The van der Waals surface area contributed by atoms with Crippen molar-refractivity contribution in [1.82, 2.24) is 29.7 Å². The Labute approximate surface area is 181 Å². The smallest absolute Gasteiger partial charge is 0.276 e. The van der Waals surface area contributed by atoms with Crippen molar-refractivity contribution in [2.75, 3.05) is 31.5 Å². The molecule has 0 unspecified atom stereocenters. The second-order valence-electron chi connectivity index (χ2n) is 8.07. The van der Waals surface area contributed by atoms with Gasteiger partial charge in [0.25, 0.3) is 5.91 Å². The topological polar surface area (TPSA) is 87.1 Å². The standard InChI is InChI=1S/C23H25N7O/c31-23(30-10-8-29(9-11-30)15-17-4-2-1-3-5-17)21-22(27-19-12-24-16-25-13-19)26-14-20(28-21)18-6-7-18/h1-5,12-14,16,18H,6-11,15H2,(H,26,27). The summed E-state index contributed by atoms with van der Waals surface area (Å²) in [6.07, 6.45) is 8.77. The first-order valence-corrected chi connectivity index (χ1v) is 10.7. The highest BCUT2D eigenvalue weighted by molar-refractivity contribution is 5.97. The molecule has 3 aromatic rings. The number of anilines is 2. The zero-order chi connectivity index (χ0) is 21.0. The quantitative estimate of drug-likeness (QED) is 0.662. The maximum atomic E-state index is 13.4. The van der Waals surface area contributed by atoms with Crippen LogP contribution in [0, 0.1) is 0 Å². The van der Waals surface area contributed by atoms with E-state index in [0.29, 0.717) is 36.2 Å². The molecule has 2 aliphatic rings. The van der Waals surface area contributed by atoms with Crippen LogP contribution in [0.3, 0.4) is 0 Å². The van der Waals surface area contributed by atoms with Crippen LogP contribution < -0.4 is 5.32 Å². The molecule has 1 aliphatic carbocycles. The summed E-state index contributed by atoms with van der Waals surface area (Å²) in [6.45, 7) is 3.93. The molecule has 0 radical (unpaired) electrons. The lowest BCUT2D eigenvalue weighted by atomic mass is 10.2. The fourth-order valence-electron chi connectivity index (χ4n) is 3.82. The third-order valence-electron chi connectivity index (χ3n) is 5.72. The zero-order valence-electron chi connectivity index (χ0n) is 17.3. The second kappa shape index (κ2) is 8.77. The molecule has 1 aromatic carbocycles. The van der Waals surface area contributed by atoms with Gasteiger partial charge in [0.05, 0.1) is 30.0 Å². The van der Waals surface area contributed by atoms with Gasteiger partial charge in [0.15, 0.2) is 11.5 Å². The average Bonchev–Trinajstić information content (AvgIpc) is 3.66. The Balaban J connectivity index is 1.30. The van der Waals surface area contributed by atoms with Crippen LogP contribution in [-0.2, 0) is 6.54 Å². The first-order valence-electron chi connectivity index (χ1n) is 10.7. The van der Waals surface area contributed by atoms with Crippen molar-refractivity contribution in [3.05, 3.63) is 72.2 Å². The highest BCUT2D eigenvalue weighted by atomic mass is 16.2. The summed E-state index contributed by atoms with van der Waals surface area (Å²) in [4.78, 5) is 35.0. The minimum absolute atomic E-state index is 0.0753. The number of carbonyl (C=O) groups excluding carboxylic acids is 1. The minimum Gasteiger partial charge on any atom is -0.336 e. The van der Waals surface area contributed by atoms with Gasteiger partial charge in [0.2, 0.25) is 0 Å². The summed E-state index contributed by atoms with van der Waals surface area (Å²) < 4.78 is 0. The fourth-order valence-corrected chi connectivity index (χ4v) is 3.82. The Morgan fingerprint density at radius 1 is 1.00 bits per heavy atom. The summed E-state index contributed by atoms with van der Waals surface area (Å²) in [5, 5.41) is 3.16. The number of hydrogen-bond donors (Lipinski definition) is 1. The molecular formula is C23H25N7O. The van der Waals surface area contributed by atoms with Crippen LogP contribution >= 0.6 is 0 Å². The van der Waals surface area contributed by atoms with Gasteiger partial charge in [-0.1, -0.05) is 30.3 Å². The first-order chi connectivity index (χ1) is 15.3. The summed E-state index contributed by atoms with van der Waals surface area (Å²) in [5.74, 6) is 0.806. The van der Waals surface area contributed by atoms with Crippen molar-refractivity contribution in [2.45, 2.75) is 25.3 Å². The van der Waals surface area contributed by atoms with E-state index in [-0.39, 0.29) is 5.91 Å². The van der Waals surface area contributed by atoms with Crippen molar-refractivity contribution >= 4 is 17.4 Å². The lowest BCUT2D eigenvalue weighted by Crippen LogP contribution is -2.48. The van der Waals surface area contributed by atoms with E-state index in [9.17, 15) is 4.79 Å². The molecule has 2 aromatic heterocycles. The molecule has 1 saturated carbocycles. The molecule has 8 heteroatoms. The number of nitrogens with one attached hydrogen (secondary N) is 1. The Bertz CT molecular complexity index is 1030. The van der Waals surface area contributed by atoms with Gasteiger partial charge in [0, 0.05) is 38.6 Å². The minimum atomic E-state index is -0.0753. The molecule has 1 N–H and O–H groups in total. The maximum absolute atomic E-state index is 13.4. The summed E-state index contributed by atoms with van der Waals surface area (Å²) in [5.41, 5.74) is 3.25. The van der Waals surface area contributed by atoms with E-state index in [2.05, 4.69) is 49.4 Å². The SMILES string of the molecule is O=C(c1nc(C2CC2)cnc1Nc1cncnc1)N1CCN(Cc2ccccc2)CC1. The molecule has 8 nitrogen and oxygen atoms in total. The number of piperazine rings is 1. The molecule has 3 heterocycles. The van der Waals surface area contributed by atoms with E-state index in [0.717, 1.165) is 38.2 Å². The van der Waals surface area contributed by atoms with Gasteiger partial charge in [-0.25, -0.2) is 19.9 Å². The van der Waals surface area contributed by atoms with Gasteiger partial charge < -0.3 is 10.2 Å². The van der Waals surface area contributed by atoms with E-state index in [1.165, 1.54) is 11.9 Å². The van der Waals surface area contributed by atoms with Crippen molar-refractivity contribution in [2.24, 2.45) is 0 Å². The lowest BCUT2D eigenvalue weighted by molar-refractivity contribution is 0.0623. The van der Waals surface area contributed by atoms with Gasteiger partial charge in [-0.15, -0.1) is 0 Å². The van der Waals surface area contributed by atoms with Crippen LogP contribution in [0.1, 0.15) is 40.5 Å². The molecule has 31 heavy (non-hydrogen) atoms. The van der Waals surface area contributed by atoms with Gasteiger partial charge in [-0.05, 0) is 18.4 Å². The van der Waals surface area contributed by atoms with E-state index < -0.39 is 0 Å². The molecule has 0 bridgehead atoms. The van der Waals surface area contributed by atoms with Crippen molar-refractivity contribution in [3.8, 4) is 0 Å². The van der Waals surface area contributed by atoms with Crippen LogP contribution in [0.15, 0.2) is 55.2 Å².